The van der Waals surface area contributed by atoms with Crippen molar-refractivity contribution in [3.63, 3.8) is 0 Å². The first kappa shape index (κ1) is 66.1. The quantitative estimate of drug-likeness (QED) is 0.0389. The Balaban J connectivity index is 1.88. The van der Waals surface area contributed by atoms with Crippen LogP contribution in [0.1, 0.15) is 285 Å². The Morgan fingerprint density at radius 2 is 1.00 bits per heavy atom. The van der Waals surface area contributed by atoms with Gasteiger partial charge >= 0.3 is 11.9 Å². The van der Waals surface area contributed by atoms with Crippen molar-refractivity contribution >= 4 is 46.9 Å². The Morgan fingerprint density at radius 3 is 1.45 bits per heavy atom. The standard InChI is InChI=1S/C62H109N3O7S/c1-7-11-15-19-23-29-37-52(38-30-24-20-16-12-8-2)61(69)71-49-35-27-33-41-54(66)43-44-56-59(60(68)63-46-48-64(5)6)55-45-47-65(51-57(55)73-56)58(67)42-34-28-36-50-72-62(70)53(39-31-25-21-17-13-9-3)40-32-26-22-18-14-10-4/h43-44,52-53H,7-42,45-51H2,1-6H3,(H,63,68)/b44-43-. The maximum absolute atomic E-state index is 13.7. The van der Waals surface area contributed by atoms with Crippen molar-refractivity contribution in [2.45, 2.75) is 272 Å². The molecule has 2 amide bonds. The topological polar surface area (TPSA) is 122 Å². The maximum atomic E-state index is 13.7. The number of ketones is 1. The number of hydrogen-bond donors (Lipinski definition) is 1. The smallest absolute Gasteiger partial charge is 0.308 e. The number of esters is 2. The lowest BCUT2D eigenvalue weighted by molar-refractivity contribution is -0.150. The van der Waals surface area contributed by atoms with E-state index in [1.165, 1.54) is 140 Å². The molecule has 1 aliphatic rings. The molecular formula is C62H109N3O7S. The molecule has 2 rings (SSSR count). The summed E-state index contributed by atoms with van der Waals surface area (Å²) in [7, 11) is 3.95. The largest absolute Gasteiger partial charge is 0.465 e. The van der Waals surface area contributed by atoms with Crippen LogP contribution in [0.5, 0.6) is 0 Å². The highest BCUT2D eigenvalue weighted by Gasteiger charge is 2.29. The predicted molar refractivity (Wildman–Crippen MR) is 306 cm³/mol. The molecule has 1 aliphatic heterocycles. The number of allylic oxidation sites excluding steroid dienone is 1. The van der Waals surface area contributed by atoms with Crippen molar-refractivity contribution < 1.29 is 33.4 Å². The van der Waals surface area contributed by atoms with E-state index in [4.69, 9.17) is 9.47 Å². The highest BCUT2D eigenvalue weighted by molar-refractivity contribution is 7.13. The zero-order chi connectivity index (χ0) is 53.2. The summed E-state index contributed by atoms with van der Waals surface area (Å²) >= 11 is 1.51. The second kappa shape index (κ2) is 44.1. The Hall–Kier alpha value is -3.05. The van der Waals surface area contributed by atoms with E-state index >= 15 is 0 Å². The number of hydrogen-bond acceptors (Lipinski definition) is 9. The molecule has 1 aromatic heterocycles. The molecule has 0 aliphatic carbocycles. The predicted octanol–water partition coefficient (Wildman–Crippen LogP) is 15.9. The summed E-state index contributed by atoms with van der Waals surface area (Å²) in [5.74, 6) is -0.108. The van der Waals surface area contributed by atoms with E-state index in [-0.39, 0.29) is 41.4 Å². The molecule has 0 atom stereocenters. The lowest BCUT2D eigenvalue weighted by Crippen LogP contribution is -2.36. The first-order valence-corrected chi connectivity index (χ1v) is 31.3. The second-order valence-electron chi connectivity index (χ2n) is 21.7. The van der Waals surface area contributed by atoms with Crippen LogP contribution in [-0.2, 0) is 41.6 Å². The van der Waals surface area contributed by atoms with Crippen molar-refractivity contribution in [2.24, 2.45) is 11.8 Å². The maximum Gasteiger partial charge on any atom is 0.308 e. The summed E-state index contributed by atoms with van der Waals surface area (Å²) in [6.07, 6.45) is 42.4. The van der Waals surface area contributed by atoms with Gasteiger partial charge < -0.3 is 24.6 Å². The fraction of sp³-hybridized carbons (Fsp3) is 0.823. The van der Waals surface area contributed by atoms with E-state index in [0.717, 1.165) is 98.8 Å². The molecule has 0 bridgehead atoms. The number of amides is 2. The Labute approximate surface area is 451 Å². The minimum Gasteiger partial charge on any atom is -0.465 e. The molecule has 1 N–H and O–H groups in total. The molecule has 10 nitrogen and oxygen atoms in total. The molecule has 0 unspecified atom stereocenters. The van der Waals surface area contributed by atoms with Gasteiger partial charge in [-0.1, -0.05) is 182 Å². The average molecular weight is 1040 g/mol. The van der Waals surface area contributed by atoms with Gasteiger partial charge in [0.15, 0.2) is 5.78 Å². The van der Waals surface area contributed by atoms with Crippen LogP contribution in [0.2, 0.25) is 0 Å². The number of thiophene rings is 1. The van der Waals surface area contributed by atoms with Gasteiger partial charge in [0.05, 0.1) is 37.2 Å². The van der Waals surface area contributed by atoms with E-state index < -0.39 is 0 Å². The monoisotopic (exact) mass is 1040 g/mol. The molecule has 1 aromatic rings. The molecular weight excluding hydrogens is 931 g/mol. The van der Waals surface area contributed by atoms with Crippen molar-refractivity contribution in [1.82, 2.24) is 15.1 Å². The highest BCUT2D eigenvalue weighted by Crippen LogP contribution is 2.35. The summed E-state index contributed by atoms with van der Waals surface area (Å²) in [6, 6.07) is 0. The zero-order valence-corrected chi connectivity index (χ0v) is 48.7. The van der Waals surface area contributed by atoms with Crippen LogP contribution in [0.15, 0.2) is 6.08 Å². The number of ether oxygens (including phenoxy) is 2. The van der Waals surface area contributed by atoms with Gasteiger partial charge in [0, 0.05) is 42.2 Å². The lowest BCUT2D eigenvalue weighted by Gasteiger charge is -2.27. The number of nitrogens with one attached hydrogen (secondary N) is 1. The minimum atomic E-state index is -0.140. The number of unbranched alkanes of at least 4 members (excludes halogenated alkanes) is 24. The van der Waals surface area contributed by atoms with E-state index in [0.29, 0.717) is 70.6 Å². The number of likely N-dealkylation sites (N-methyl/N-ethyl adjacent to an activating group) is 1. The lowest BCUT2D eigenvalue weighted by atomic mass is 9.94. The van der Waals surface area contributed by atoms with Crippen LogP contribution in [0.25, 0.3) is 6.08 Å². The Bertz CT molecular complexity index is 1610. The van der Waals surface area contributed by atoms with E-state index in [1.54, 1.807) is 12.2 Å². The van der Waals surface area contributed by atoms with Gasteiger partial charge in [-0.3, -0.25) is 24.0 Å². The third-order valence-electron chi connectivity index (χ3n) is 14.8. The molecule has 0 spiro atoms. The van der Waals surface area contributed by atoms with Crippen LogP contribution < -0.4 is 5.32 Å². The van der Waals surface area contributed by atoms with Gasteiger partial charge in [0.1, 0.15) is 0 Å². The molecule has 2 heterocycles. The highest BCUT2D eigenvalue weighted by atomic mass is 32.1. The molecule has 420 valence electrons. The number of rotatable bonds is 48. The molecule has 0 fully saturated rings. The summed E-state index contributed by atoms with van der Waals surface area (Å²) in [6.45, 7) is 12.0. The van der Waals surface area contributed by atoms with Gasteiger partial charge in [0.2, 0.25) is 5.91 Å². The van der Waals surface area contributed by atoms with Crippen molar-refractivity contribution in [1.29, 1.82) is 0 Å². The van der Waals surface area contributed by atoms with Gasteiger partial charge in [-0.15, -0.1) is 11.3 Å². The van der Waals surface area contributed by atoms with E-state index in [1.807, 2.05) is 23.9 Å². The van der Waals surface area contributed by atoms with Gasteiger partial charge in [-0.05, 0) is 102 Å². The van der Waals surface area contributed by atoms with Crippen LogP contribution >= 0.6 is 11.3 Å². The molecule has 11 heteroatoms. The molecule has 0 radical (unpaired) electrons. The molecule has 73 heavy (non-hydrogen) atoms. The van der Waals surface area contributed by atoms with Gasteiger partial charge in [-0.2, -0.15) is 0 Å². The SMILES string of the molecule is CCCCCCCCC(CCCCCCCC)C(=O)OCCCCCC(=O)/C=C\c1sc2c(c1C(=O)NCCN(C)C)CCN(C(=O)CCCCCOC(=O)C(CCCCCCCC)CCCCCCCC)C2. The van der Waals surface area contributed by atoms with E-state index in [9.17, 15) is 24.0 Å². The first-order valence-electron chi connectivity index (χ1n) is 30.4. The fourth-order valence-corrected chi connectivity index (χ4v) is 11.3. The number of fused-ring (bicyclic) bond motifs is 1. The van der Waals surface area contributed by atoms with Gasteiger partial charge in [-0.25, -0.2) is 0 Å². The normalized spacial score (nSPS) is 12.6. The number of nitrogens with zero attached hydrogens (tertiary/aromatic N) is 2. The zero-order valence-electron chi connectivity index (χ0n) is 47.9. The van der Waals surface area contributed by atoms with Crippen LogP contribution in [0.4, 0.5) is 0 Å². The van der Waals surface area contributed by atoms with Crippen molar-refractivity contribution in [3.05, 3.63) is 27.0 Å². The summed E-state index contributed by atoms with van der Waals surface area (Å²) in [5.41, 5.74) is 1.60. The minimum absolute atomic E-state index is 0.000916. The fourth-order valence-electron chi connectivity index (χ4n) is 10.1. The Kier molecular flexibility index (Phi) is 39.9. The number of carbonyl (C=O) groups is 5. The third kappa shape index (κ3) is 31.6. The molecule has 0 saturated heterocycles. The summed E-state index contributed by atoms with van der Waals surface area (Å²) in [5, 5.41) is 3.09. The van der Waals surface area contributed by atoms with E-state index in [2.05, 4.69) is 33.0 Å². The van der Waals surface area contributed by atoms with Gasteiger partial charge in [0.25, 0.3) is 5.91 Å². The number of carbonyl (C=O) groups excluding carboxylic acids is 5. The average Bonchev–Trinajstić information content (AvgIpc) is 3.75. The second-order valence-corrected chi connectivity index (χ2v) is 22.9. The van der Waals surface area contributed by atoms with Crippen molar-refractivity contribution in [3.8, 4) is 0 Å². The Morgan fingerprint density at radius 1 is 0.575 bits per heavy atom. The molecule has 0 saturated carbocycles. The van der Waals surface area contributed by atoms with Crippen molar-refractivity contribution in [2.75, 3.05) is 46.9 Å². The molecule has 0 aromatic carbocycles. The van der Waals surface area contributed by atoms with Crippen LogP contribution in [0.3, 0.4) is 0 Å². The third-order valence-corrected chi connectivity index (χ3v) is 16.0. The summed E-state index contributed by atoms with van der Waals surface area (Å²) < 4.78 is 11.6. The first-order chi connectivity index (χ1) is 35.6. The van der Waals surface area contributed by atoms with Crippen LogP contribution in [0, 0.1) is 11.8 Å². The summed E-state index contributed by atoms with van der Waals surface area (Å²) in [4.78, 5) is 72.4. The van der Waals surface area contributed by atoms with Crippen LogP contribution in [-0.4, -0.2) is 86.3 Å².